The van der Waals surface area contributed by atoms with E-state index in [1.807, 2.05) is 12.1 Å². The molecule has 4 nitrogen and oxygen atoms in total. The number of nitrogens with one attached hydrogen (secondary N) is 2. The van der Waals surface area contributed by atoms with Gasteiger partial charge in [-0.2, -0.15) is 0 Å². The van der Waals surface area contributed by atoms with Gasteiger partial charge in [0.05, 0.1) is 0 Å². The van der Waals surface area contributed by atoms with Crippen molar-refractivity contribution in [1.29, 1.82) is 0 Å². The molecule has 0 aliphatic heterocycles. The second-order valence-electron chi connectivity index (χ2n) is 3.19. The molecule has 0 heterocycles. The summed E-state index contributed by atoms with van der Waals surface area (Å²) in [5.74, 6) is -0.233. The molecule has 0 aromatic heterocycles. The average Bonchev–Trinajstić information content (AvgIpc) is 2.29. The molecule has 0 spiro atoms. The molecule has 5 heteroatoms. The average molecular weight is 332 g/mol. The zero-order valence-electron chi connectivity index (χ0n) is 8.92. The molecule has 1 rings (SSSR count). The lowest BCUT2D eigenvalue weighted by Crippen LogP contribution is -2.29. The standard InChI is InChI=1S/C11H13IN2O2/c1-13-10(15)6-7-14-11(16)8-2-4-9(12)5-3-8/h2-5H,6-7H2,1H3,(H,13,15)(H,14,16). The van der Waals surface area contributed by atoms with Gasteiger partial charge in [-0.15, -0.1) is 0 Å². The Bertz CT molecular complexity index is 376. The topological polar surface area (TPSA) is 58.2 Å². The summed E-state index contributed by atoms with van der Waals surface area (Å²) >= 11 is 2.18. The van der Waals surface area contributed by atoms with Crippen LogP contribution in [-0.2, 0) is 4.79 Å². The number of benzene rings is 1. The van der Waals surface area contributed by atoms with Gasteiger partial charge in [0.15, 0.2) is 0 Å². The van der Waals surface area contributed by atoms with Crippen molar-refractivity contribution >= 4 is 34.4 Å². The molecule has 0 aliphatic carbocycles. The third kappa shape index (κ3) is 4.18. The highest BCUT2D eigenvalue weighted by Gasteiger charge is 2.05. The molecule has 0 atom stereocenters. The van der Waals surface area contributed by atoms with E-state index in [4.69, 9.17) is 0 Å². The van der Waals surface area contributed by atoms with Gasteiger partial charge in [-0.3, -0.25) is 9.59 Å². The largest absolute Gasteiger partial charge is 0.359 e. The van der Waals surface area contributed by atoms with E-state index >= 15 is 0 Å². The summed E-state index contributed by atoms with van der Waals surface area (Å²) in [4.78, 5) is 22.5. The number of carbonyl (C=O) groups is 2. The zero-order valence-corrected chi connectivity index (χ0v) is 11.1. The van der Waals surface area contributed by atoms with Crippen LogP contribution < -0.4 is 10.6 Å². The van der Waals surface area contributed by atoms with Crippen LogP contribution in [0.15, 0.2) is 24.3 Å². The lowest BCUT2D eigenvalue weighted by Gasteiger charge is -2.04. The van der Waals surface area contributed by atoms with Gasteiger partial charge in [0.1, 0.15) is 0 Å². The first-order valence-corrected chi connectivity index (χ1v) is 5.95. The van der Waals surface area contributed by atoms with Gasteiger partial charge in [-0.25, -0.2) is 0 Å². The van der Waals surface area contributed by atoms with E-state index in [1.54, 1.807) is 19.2 Å². The first kappa shape index (κ1) is 13.0. The fourth-order valence-electron chi connectivity index (χ4n) is 1.12. The quantitative estimate of drug-likeness (QED) is 0.813. The Labute approximate surface area is 108 Å². The Balaban J connectivity index is 2.41. The molecule has 1 aromatic rings. The third-order valence-electron chi connectivity index (χ3n) is 2.02. The van der Waals surface area contributed by atoms with Crippen LogP contribution in [0.4, 0.5) is 0 Å². The van der Waals surface area contributed by atoms with E-state index in [0.717, 1.165) is 3.57 Å². The summed E-state index contributed by atoms with van der Waals surface area (Å²) in [6, 6.07) is 7.26. The number of hydrogen-bond acceptors (Lipinski definition) is 2. The van der Waals surface area contributed by atoms with Gasteiger partial charge in [0.2, 0.25) is 5.91 Å². The normalized spacial score (nSPS) is 9.62. The van der Waals surface area contributed by atoms with Crippen LogP contribution in [0.3, 0.4) is 0 Å². The highest BCUT2D eigenvalue weighted by molar-refractivity contribution is 14.1. The first-order valence-electron chi connectivity index (χ1n) is 4.88. The summed E-state index contributed by atoms with van der Waals surface area (Å²) in [6.07, 6.45) is 0.298. The van der Waals surface area contributed by atoms with Crippen molar-refractivity contribution in [2.75, 3.05) is 13.6 Å². The van der Waals surface area contributed by atoms with E-state index in [0.29, 0.717) is 18.5 Å². The minimum atomic E-state index is -0.152. The molecule has 1 aromatic carbocycles. The highest BCUT2D eigenvalue weighted by atomic mass is 127. The van der Waals surface area contributed by atoms with Crippen molar-refractivity contribution in [3.05, 3.63) is 33.4 Å². The highest BCUT2D eigenvalue weighted by Crippen LogP contribution is 2.06. The van der Waals surface area contributed by atoms with Gasteiger partial charge in [-0.1, -0.05) is 0 Å². The lowest BCUT2D eigenvalue weighted by molar-refractivity contribution is -0.120. The van der Waals surface area contributed by atoms with Crippen molar-refractivity contribution in [2.45, 2.75) is 6.42 Å². The maximum absolute atomic E-state index is 11.6. The second-order valence-corrected chi connectivity index (χ2v) is 4.43. The number of carbonyl (C=O) groups excluding carboxylic acids is 2. The minimum Gasteiger partial charge on any atom is -0.359 e. The van der Waals surface area contributed by atoms with Crippen LogP contribution in [0.1, 0.15) is 16.8 Å². The lowest BCUT2D eigenvalue weighted by atomic mass is 10.2. The Kier molecular flexibility index (Phi) is 5.24. The van der Waals surface area contributed by atoms with Crippen LogP contribution >= 0.6 is 22.6 Å². The molecular weight excluding hydrogens is 319 g/mol. The number of hydrogen-bond donors (Lipinski definition) is 2. The van der Waals surface area contributed by atoms with Gasteiger partial charge in [-0.05, 0) is 46.9 Å². The maximum atomic E-state index is 11.6. The van der Waals surface area contributed by atoms with E-state index in [9.17, 15) is 9.59 Å². The SMILES string of the molecule is CNC(=O)CCNC(=O)c1ccc(I)cc1. The van der Waals surface area contributed by atoms with Crippen LogP contribution in [0.2, 0.25) is 0 Å². The van der Waals surface area contributed by atoms with Crippen molar-refractivity contribution in [3.8, 4) is 0 Å². The fraction of sp³-hybridized carbons (Fsp3) is 0.273. The third-order valence-corrected chi connectivity index (χ3v) is 2.74. The molecule has 0 aliphatic rings. The molecule has 0 radical (unpaired) electrons. The Hall–Kier alpha value is -1.11. The predicted molar refractivity (Wildman–Crippen MR) is 70.2 cm³/mol. The molecular formula is C11H13IN2O2. The molecule has 16 heavy (non-hydrogen) atoms. The van der Waals surface area contributed by atoms with Gasteiger partial charge < -0.3 is 10.6 Å². The van der Waals surface area contributed by atoms with Crippen molar-refractivity contribution in [3.63, 3.8) is 0 Å². The molecule has 0 saturated heterocycles. The fourth-order valence-corrected chi connectivity index (χ4v) is 1.48. The smallest absolute Gasteiger partial charge is 0.251 e. The Morgan fingerprint density at radius 3 is 2.44 bits per heavy atom. The summed E-state index contributed by atoms with van der Waals surface area (Å²) < 4.78 is 1.08. The Morgan fingerprint density at radius 2 is 1.88 bits per heavy atom. The number of amides is 2. The second kappa shape index (κ2) is 6.47. The van der Waals surface area contributed by atoms with Gasteiger partial charge in [0, 0.05) is 29.1 Å². The minimum absolute atomic E-state index is 0.0806. The number of halogens is 1. The van der Waals surface area contributed by atoms with E-state index in [2.05, 4.69) is 33.2 Å². The van der Waals surface area contributed by atoms with Crippen molar-refractivity contribution in [2.24, 2.45) is 0 Å². The summed E-state index contributed by atoms with van der Waals surface area (Å²) in [7, 11) is 1.57. The number of rotatable bonds is 4. The summed E-state index contributed by atoms with van der Waals surface area (Å²) in [5.41, 5.74) is 0.609. The monoisotopic (exact) mass is 332 g/mol. The van der Waals surface area contributed by atoms with Crippen LogP contribution in [0.5, 0.6) is 0 Å². The van der Waals surface area contributed by atoms with E-state index in [-0.39, 0.29) is 11.8 Å². The first-order chi connectivity index (χ1) is 7.63. The van der Waals surface area contributed by atoms with Gasteiger partial charge in [0.25, 0.3) is 5.91 Å². The van der Waals surface area contributed by atoms with Crippen LogP contribution in [0, 0.1) is 3.57 Å². The molecule has 2 amide bonds. The maximum Gasteiger partial charge on any atom is 0.251 e. The zero-order chi connectivity index (χ0) is 12.0. The Morgan fingerprint density at radius 1 is 1.25 bits per heavy atom. The molecule has 0 unspecified atom stereocenters. The molecule has 86 valence electrons. The summed E-state index contributed by atoms with van der Waals surface area (Å²) in [6.45, 7) is 0.352. The van der Waals surface area contributed by atoms with Crippen LogP contribution in [-0.4, -0.2) is 25.4 Å². The van der Waals surface area contributed by atoms with E-state index < -0.39 is 0 Å². The van der Waals surface area contributed by atoms with Crippen LogP contribution in [0.25, 0.3) is 0 Å². The summed E-state index contributed by atoms with van der Waals surface area (Å²) in [5, 5.41) is 5.18. The molecule has 0 fully saturated rings. The van der Waals surface area contributed by atoms with Crippen molar-refractivity contribution in [1.82, 2.24) is 10.6 Å². The molecule has 0 saturated carbocycles. The molecule has 0 bridgehead atoms. The molecule has 2 N–H and O–H groups in total. The van der Waals surface area contributed by atoms with E-state index in [1.165, 1.54) is 0 Å². The van der Waals surface area contributed by atoms with Gasteiger partial charge >= 0.3 is 0 Å². The van der Waals surface area contributed by atoms with Crippen molar-refractivity contribution < 1.29 is 9.59 Å². The predicted octanol–water partition coefficient (Wildman–Crippen LogP) is 1.16.